The number of nitrogens with one attached hydrogen (secondary N) is 1. The molecule has 3 N–H and O–H groups in total. The van der Waals surface area contributed by atoms with Crippen LogP contribution < -0.4 is 16.2 Å². The topological polar surface area (TPSA) is 114 Å². The number of aromatic nitrogens is 1. The van der Waals surface area contributed by atoms with Gasteiger partial charge in [-0.05, 0) is 24.3 Å². The van der Waals surface area contributed by atoms with E-state index in [0.29, 0.717) is 11.4 Å². The zero-order chi connectivity index (χ0) is 15.4. The zero-order valence-corrected chi connectivity index (χ0v) is 11.2. The normalized spacial score (nSPS) is 10.0. The lowest BCUT2D eigenvalue weighted by molar-refractivity contribution is -0.385. The highest BCUT2D eigenvalue weighted by Crippen LogP contribution is 2.25. The molecule has 0 aliphatic heterocycles. The van der Waals surface area contributed by atoms with E-state index in [1.165, 1.54) is 42.5 Å². The Kier molecular flexibility index (Phi) is 4.10. The van der Waals surface area contributed by atoms with Crippen LogP contribution in [0.5, 0.6) is 0 Å². The summed E-state index contributed by atoms with van der Waals surface area (Å²) < 4.78 is 0. The lowest BCUT2D eigenvalue weighted by atomic mass is 10.1. The minimum Gasteiger partial charge on any atom is -0.324 e. The van der Waals surface area contributed by atoms with Crippen molar-refractivity contribution in [3.05, 3.63) is 58.4 Å². The summed E-state index contributed by atoms with van der Waals surface area (Å²) in [6.45, 7) is 0. The lowest BCUT2D eigenvalue weighted by Crippen LogP contribution is -2.27. The number of pyridine rings is 1. The molecule has 2 rings (SSSR count). The largest absolute Gasteiger partial charge is 0.324 e. The monoisotopic (exact) mass is 287 g/mol. The molecule has 0 fully saturated rings. The van der Waals surface area contributed by atoms with Crippen molar-refractivity contribution in [3.63, 3.8) is 0 Å². The number of hydrogen-bond donors (Lipinski definition) is 2. The number of nitrogens with zero attached hydrogens (tertiary/aromatic N) is 3. The van der Waals surface area contributed by atoms with Crippen molar-refractivity contribution in [3.8, 4) is 0 Å². The van der Waals surface area contributed by atoms with Gasteiger partial charge in [-0.25, -0.2) is 0 Å². The number of rotatable bonds is 4. The highest BCUT2D eigenvalue weighted by Gasteiger charge is 2.24. The SMILES string of the molecule is CN(C(=O)c1cc(NN)ccc1[N+](=O)[O-])c1ccncc1. The summed E-state index contributed by atoms with van der Waals surface area (Å²) in [6, 6.07) is 7.28. The maximum absolute atomic E-state index is 12.5. The number of benzene rings is 1. The van der Waals surface area contributed by atoms with Crippen LogP contribution in [-0.2, 0) is 0 Å². The summed E-state index contributed by atoms with van der Waals surface area (Å²) >= 11 is 0. The highest BCUT2D eigenvalue weighted by atomic mass is 16.6. The van der Waals surface area contributed by atoms with Crippen LogP contribution in [0.25, 0.3) is 0 Å². The van der Waals surface area contributed by atoms with E-state index in [4.69, 9.17) is 5.84 Å². The van der Waals surface area contributed by atoms with Crippen LogP contribution in [0.3, 0.4) is 0 Å². The number of carbonyl (C=O) groups excluding carboxylic acids is 1. The maximum atomic E-state index is 12.5. The second-order valence-electron chi connectivity index (χ2n) is 4.20. The second-order valence-corrected chi connectivity index (χ2v) is 4.20. The molecule has 8 heteroatoms. The average molecular weight is 287 g/mol. The van der Waals surface area contributed by atoms with E-state index in [-0.39, 0.29) is 11.3 Å². The third-order valence-corrected chi connectivity index (χ3v) is 2.94. The molecule has 1 aromatic carbocycles. The Bertz CT molecular complexity index is 675. The molecule has 8 nitrogen and oxygen atoms in total. The van der Waals surface area contributed by atoms with Crippen LogP contribution >= 0.6 is 0 Å². The van der Waals surface area contributed by atoms with Crippen LogP contribution in [0.15, 0.2) is 42.7 Å². The van der Waals surface area contributed by atoms with Crippen molar-refractivity contribution in [2.24, 2.45) is 5.84 Å². The Morgan fingerprint density at radius 1 is 1.33 bits per heavy atom. The molecule has 0 saturated carbocycles. The Morgan fingerprint density at radius 3 is 2.57 bits per heavy atom. The Hall–Kier alpha value is -3.00. The molecule has 2 aromatic rings. The van der Waals surface area contributed by atoms with Gasteiger partial charge in [0.25, 0.3) is 11.6 Å². The third-order valence-electron chi connectivity index (χ3n) is 2.94. The van der Waals surface area contributed by atoms with E-state index in [1.54, 1.807) is 12.1 Å². The number of nitro groups is 1. The molecule has 0 saturated heterocycles. The number of anilines is 2. The first kappa shape index (κ1) is 14.4. The van der Waals surface area contributed by atoms with Crippen molar-refractivity contribution < 1.29 is 9.72 Å². The first-order chi connectivity index (χ1) is 10.0. The number of nitrogen functional groups attached to an aromatic ring is 1. The van der Waals surface area contributed by atoms with Gasteiger partial charge in [-0.2, -0.15) is 0 Å². The van der Waals surface area contributed by atoms with E-state index >= 15 is 0 Å². The fourth-order valence-corrected chi connectivity index (χ4v) is 1.82. The molecule has 0 aliphatic rings. The molecule has 0 radical (unpaired) electrons. The van der Waals surface area contributed by atoms with Gasteiger partial charge in [0, 0.05) is 36.9 Å². The van der Waals surface area contributed by atoms with Gasteiger partial charge < -0.3 is 10.3 Å². The Labute approximate surface area is 120 Å². The van der Waals surface area contributed by atoms with Crippen LogP contribution in [0.2, 0.25) is 0 Å². The van der Waals surface area contributed by atoms with E-state index in [0.717, 1.165) is 0 Å². The molecule has 0 unspecified atom stereocenters. The van der Waals surface area contributed by atoms with Gasteiger partial charge in [0.05, 0.1) is 4.92 Å². The van der Waals surface area contributed by atoms with Gasteiger partial charge in [-0.1, -0.05) is 0 Å². The maximum Gasteiger partial charge on any atom is 0.282 e. The minimum absolute atomic E-state index is 0.0465. The molecular weight excluding hydrogens is 274 g/mol. The molecule has 108 valence electrons. The zero-order valence-electron chi connectivity index (χ0n) is 11.2. The highest BCUT2D eigenvalue weighted by molar-refractivity contribution is 6.08. The third kappa shape index (κ3) is 2.95. The van der Waals surface area contributed by atoms with Crippen molar-refractivity contribution >= 4 is 23.0 Å². The van der Waals surface area contributed by atoms with Crippen molar-refractivity contribution in [1.82, 2.24) is 4.98 Å². The predicted octanol–water partition coefficient (Wildman–Crippen LogP) is 1.55. The van der Waals surface area contributed by atoms with Crippen LogP contribution in [0.4, 0.5) is 17.1 Å². The molecule has 1 heterocycles. The fraction of sp³-hybridized carbons (Fsp3) is 0.0769. The average Bonchev–Trinajstić information content (AvgIpc) is 2.53. The molecular formula is C13H13N5O3. The Balaban J connectivity index is 2.44. The van der Waals surface area contributed by atoms with Gasteiger partial charge in [0.2, 0.25) is 0 Å². The predicted molar refractivity (Wildman–Crippen MR) is 77.9 cm³/mol. The van der Waals surface area contributed by atoms with E-state index in [9.17, 15) is 14.9 Å². The summed E-state index contributed by atoms with van der Waals surface area (Å²) in [5, 5.41) is 11.1. The Morgan fingerprint density at radius 2 is 2.00 bits per heavy atom. The fourth-order valence-electron chi connectivity index (χ4n) is 1.82. The smallest absolute Gasteiger partial charge is 0.282 e. The molecule has 0 spiro atoms. The van der Waals surface area contributed by atoms with Gasteiger partial charge in [0.15, 0.2) is 0 Å². The molecule has 21 heavy (non-hydrogen) atoms. The van der Waals surface area contributed by atoms with E-state index in [1.807, 2.05) is 0 Å². The molecule has 0 aliphatic carbocycles. The van der Waals surface area contributed by atoms with Gasteiger partial charge in [-0.3, -0.25) is 25.7 Å². The quantitative estimate of drug-likeness (QED) is 0.501. The van der Waals surface area contributed by atoms with Gasteiger partial charge >= 0.3 is 0 Å². The van der Waals surface area contributed by atoms with Crippen molar-refractivity contribution in [2.75, 3.05) is 17.4 Å². The van der Waals surface area contributed by atoms with Crippen molar-refractivity contribution in [1.29, 1.82) is 0 Å². The minimum atomic E-state index is -0.603. The number of hydrazine groups is 1. The summed E-state index contributed by atoms with van der Waals surface area (Å²) in [4.78, 5) is 28.1. The van der Waals surface area contributed by atoms with Crippen molar-refractivity contribution in [2.45, 2.75) is 0 Å². The van der Waals surface area contributed by atoms with Gasteiger partial charge in [0.1, 0.15) is 5.56 Å². The molecule has 1 aromatic heterocycles. The summed E-state index contributed by atoms with van der Waals surface area (Å²) in [5.41, 5.74) is 3.03. The number of carbonyl (C=O) groups is 1. The first-order valence-corrected chi connectivity index (χ1v) is 5.97. The number of nitro benzene ring substituents is 1. The number of nitrogens with two attached hydrogens (primary N) is 1. The first-order valence-electron chi connectivity index (χ1n) is 5.97. The van der Waals surface area contributed by atoms with Crippen LogP contribution in [-0.4, -0.2) is 22.9 Å². The summed E-state index contributed by atoms with van der Waals surface area (Å²) in [6.07, 6.45) is 3.07. The number of hydrogen-bond acceptors (Lipinski definition) is 6. The standard InChI is InChI=1S/C13H13N5O3/c1-17(10-4-6-15-7-5-10)13(19)11-8-9(16-14)2-3-12(11)18(20)21/h2-8,16H,14H2,1H3. The summed E-state index contributed by atoms with van der Waals surface area (Å²) in [5.74, 6) is 4.77. The van der Waals surface area contributed by atoms with E-state index in [2.05, 4.69) is 10.4 Å². The van der Waals surface area contributed by atoms with Crippen LogP contribution in [0.1, 0.15) is 10.4 Å². The molecule has 0 bridgehead atoms. The van der Waals surface area contributed by atoms with E-state index < -0.39 is 10.8 Å². The van der Waals surface area contributed by atoms with Crippen LogP contribution in [0, 0.1) is 10.1 Å². The lowest BCUT2D eigenvalue weighted by Gasteiger charge is -2.17. The summed E-state index contributed by atoms with van der Waals surface area (Å²) in [7, 11) is 1.53. The number of amides is 1. The van der Waals surface area contributed by atoms with Gasteiger partial charge in [-0.15, -0.1) is 0 Å². The second kappa shape index (κ2) is 5.97. The molecule has 0 atom stereocenters. The molecule has 1 amide bonds.